The zero-order chi connectivity index (χ0) is 19.9. The molecule has 2 aromatic carbocycles. The summed E-state index contributed by atoms with van der Waals surface area (Å²) in [6.07, 6.45) is 3.25. The van der Waals surface area contributed by atoms with Crippen molar-refractivity contribution in [3.05, 3.63) is 64.5 Å². The molecule has 0 atom stereocenters. The molecular formula is C22H21N3O3. The predicted molar refractivity (Wildman–Crippen MR) is 109 cm³/mol. The van der Waals surface area contributed by atoms with Crippen molar-refractivity contribution < 1.29 is 9.90 Å². The number of H-pyrrole nitrogens is 1. The maximum absolute atomic E-state index is 12.5. The van der Waals surface area contributed by atoms with Crippen LogP contribution in [0.2, 0.25) is 0 Å². The number of para-hydroxylation sites is 1. The van der Waals surface area contributed by atoms with Gasteiger partial charge in [0.15, 0.2) is 0 Å². The van der Waals surface area contributed by atoms with Crippen molar-refractivity contribution >= 4 is 22.9 Å². The summed E-state index contributed by atoms with van der Waals surface area (Å²) >= 11 is 0. The lowest BCUT2D eigenvalue weighted by Crippen LogP contribution is -2.54. The van der Waals surface area contributed by atoms with E-state index in [2.05, 4.69) is 23.8 Å². The molecule has 0 spiro atoms. The van der Waals surface area contributed by atoms with E-state index in [4.69, 9.17) is 0 Å². The summed E-state index contributed by atoms with van der Waals surface area (Å²) in [6.45, 7) is 5.75. The third-order valence-corrected chi connectivity index (χ3v) is 4.86. The summed E-state index contributed by atoms with van der Waals surface area (Å²) in [7, 11) is 0. The van der Waals surface area contributed by atoms with Crippen molar-refractivity contribution in [2.45, 2.75) is 13.8 Å². The van der Waals surface area contributed by atoms with Crippen LogP contribution in [-0.4, -0.2) is 39.0 Å². The molecule has 6 heteroatoms. The Hall–Kier alpha value is -3.41. The third kappa shape index (κ3) is 3.41. The van der Waals surface area contributed by atoms with Crippen LogP contribution in [0, 0.1) is 5.41 Å². The average Bonchev–Trinajstić information content (AvgIpc) is 2.64. The van der Waals surface area contributed by atoms with Crippen molar-refractivity contribution in [1.82, 2.24) is 14.9 Å². The molecule has 142 valence electrons. The monoisotopic (exact) mass is 375 g/mol. The Labute approximate surface area is 162 Å². The standard InChI is InChI=1S/C22H21N3O3/c1-22(2)12-25(13-22)18(27)11-8-14-4-3-5-17-19(14)23-20(24-21(17)28)15-6-9-16(26)10-7-15/h3-11,26H,12-13H2,1-2H3,(H,23,24,28)/b11-8+. The topological polar surface area (TPSA) is 86.3 Å². The van der Waals surface area contributed by atoms with Crippen LogP contribution in [0.25, 0.3) is 28.4 Å². The normalized spacial score (nSPS) is 15.7. The molecule has 1 aliphatic rings. The molecule has 0 unspecified atom stereocenters. The third-order valence-electron chi connectivity index (χ3n) is 4.86. The van der Waals surface area contributed by atoms with Gasteiger partial charge in [-0.3, -0.25) is 9.59 Å². The van der Waals surface area contributed by atoms with Gasteiger partial charge in [0.1, 0.15) is 11.6 Å². The molecule has 0 bridgehead atoms. The molecule has 1 aromatic heterocycles. The molecule has 0 radical (unpaired) electrons. The number of aromatic nitrogens is 2. The van der Waals surface area contributed by atoms with Gasteiger partial charge in [0, 0.05) is 30.3 Å². The minimum atomic E-state index is -0.251. The number of aromatic hydroxyl groups is 1. The average molecular weight is 375 g/mol. The van der Waals surface area contributed by atoms with Gasteiger partial charge >= 0.3 is 0 Å². The van der Waals surface area contributed by atoms with Crippen LogP contribution in [0.3, 0.4) is 0 Å². The number of nitrogens with one attached hydrogen (secondary N) is 1. The molecule has 6 nitrogen and oxygen atoms in total. The number of benzene rings is 2. The number of nitrogens with zero attached hydrogens (tertiary/aromatic N) is 2. The molecule has 2 heterocycles. The number of carbonyl (C=O) groups excluding carboxylic acids is 1. The number of aromatic amines is 1. The lowest BCUT2D eigenvalue weighted by Gasteiger charge is -2.45. The van der Waals surface area contributed by atoms with Gasteiger partial charge < -0.3 is 15.0 Å². The number of phenols is 1. The van der Waals surface area contributed by atoms with Gasteiger partial charge in [-0.05, 0) is 41.8 Å². The van der Waals surface area contributed by atoms with E-state index < -0.39 is 0 Å². The molecule has 1 amide bonds. The van der Waals surface area contributed by atoms with E-state index in [0.29, 0.717) is 27.9 Å². The number of rotatable bonds is 3. The Kier molecular flexibility index (Phi) is 4.26. The van der Waals surface area contributed by atoms with Crippen LogP contribution in [-0.2, 0) is 4.79 Å². The molecule has 28 heavy (non-hydrogen) atoms. The maximum Gasteiger partial charge on any atom is 0.259 e. The predicted octanol–water partition coefficient (Wildman–Crippen LogP) is 3.18. The highest BCUT2D eigenvalue weighted by Gasteiger charge is 2.36. The second kappa shape index (κ2) is 6.64. The number of carbonyl (C=O) groups is 1. The van der Waals surface area contributed by atoms with Crippen LogP contribution in [0.1, 0.15) is 19.4 Å². The Balaban J connectivity index is 1.71. The first-order chi connectivity index (χ1) is 13.3. The Bertz CT molecular complexity index is 1140. The van der Waals surface area contributed by atoms with E-state index in [0.717, 1.165) is 13.1 Å². The Morgan fingerprint density at radius 1 is 1.18 bits per heavy atom. The first kappa shape index (κ1) is 18.0. The molecule has 0 saturated carbocycles. The van der Waals surface area contributed by atoms with Crippen molar-refractivity contribution in [2.75, 3.05) is 13.1 Å². The zero-order valence-electron chi connectivity index (χ0n) is 15.8. The highest BCUT2D eigenvalue weighted by molar-refractivity contribution is 5.96. The quantitative estimate of drug-likeness (QED) is 0.689. The fourth-order valence-corrected chi connectivity index (χ4v) is 3.48. The minimum absolute atomic E-state index is 0.0417. The molecule has 3 aromatic rings. The fraction of sp³-hybridized carbons (Fsp3) is 0.227. The van der Waals surface area contributed by atoms with Crippen LogP contribution in [0.5, 0.6) is 5.75 Å². The summed E-state index contributed by atoms with van der Waals surface area (Å²) in [5, 5.41) is 9.92. The number of phenolic OH excluding ortho intramolecular Hbond substituents is 1. The number of fused-ring (bicyclic) bond motifs is 1. The van der Waals surface area contributed by atoms with Gasteiger partial charge in [-0.15, -0.1) is 0 Å². The summed E-state index contributed by atoms with van der Waals surface area (Å²) < 4.78 is 0. The molecular weight excluding hydrogens is 354 g/mol. The molecule has 1 aliphatic heterocycles. The number of amides is 1. The summed E-state index contributed by atoms with van der Waals surface area (Å²) in [4.78, 5) is 34.0. The van der Waals surface area contributed by atoms with Crippen molar-refractivity contribution in [3.8, 4) is 17.1 Å². The van der Waals surface area contributed by atoms with E-state index in [-0.39, 0.29) is 22.6 Å². The van der Waals surface area contributed by atoms with Crippen LogP contribution < -0.4 is 5.56 Å². The zero-order valence-corrected chi connectivity index (χ0v) is 15.8. The van der Waals surface area contributed by atoms with Gasteiger partial charge in [0.25, 0.3) is 5.56 Å². The SMILES string of the molecule is CC1(C)CN(C(=O)/C=C/c2cccc3c(=O)[nH]c(-c4ccc(O)cc4)nc23)C1. The molecule has 2 N–H and O–H groups in total. The summed E-state index contributed by atoms with van der Waals surface area (Å²) in [6, 6.07) is 11.8. The summed E-state index contributed by atoms with van der Waals surface area (Å²) in [5.41, 5.74) is 1.85. The van der Waals surface area contributed by atoms with Crippen molar-refractivity contribution in [1.29, 1.82) is 0 Å². The van der Waals surface area contributed by atoms with E-state index in [9.17, 15) is 14.7 Å². The van der Waals surface area contributed by atoms with Gasteiger partial charge in [0.2, 0.25) is 5.91 Å². The Morgan fingerprint density at radius 3 is 2.57 bits per heavy atom. The lowest BCUT2D eigenvalue weighted by molar-refractivity contribution is -0.135. The highest BCUT2D eigenvalue weighted by Crippen LogP contribution is 2.29. The van der Waals surface area contributed by atoms with E-state index in [1.54, 1.807) is 47.4 Å². The van der Waals surface area contributed by atoms with Crippen LogP contribution in [0.15, 0.2) is 53.3 Å². The van der Waals surface area contributed by atoms with E-state index in [1.165, 1.54) is 6.08 Å². The number of likely N-dealkylation sites (tertiary alicyclic amines) is 1. The molecule has 1 saturated heterocycles. The van der Waals surface area contributed by atoms with E-state index >= 15 is 0 Å². The lowest BCUT2D eigenvalue weighted by atomic mass is 9.84. The number of hydrogen-bond acceptors (Lipinski definition) is 4. The van der Waals surface area contributed by atoms with Crippen molar-refractivity contribution in [2.24, 2.45) is 5.41 Å². The summed E-state index contributed by atoms with van der Waals surface area (Å²) in [5.74, 6) is 0.511. The van der Waals surface area contributed by atoms with E-state index in [1.807, 2.05) is 6.07 Å². The van der Waals surface area contributed by atoms with Gasteiger partial charge in [-0.1, -0.05) is 26.0 Å². The van der Waals surface area contributed by atoms with Gasteiger partial charge in [-0.25, -0.2) is 4.98 Å². The minimum Gasteiger partial charge on any atom is -0.508 e. The van der Waals surface area contributed by atoms with Gasteiger partial charge in [-0.2, -0.15) is 0 Å². The number of hydrogen-bond donors (Lipinski definition) is 2. The van der Waals surface area contributed by atoms with Crippen molar-refractivity contribution in [3.63, 3.8) is 0 Å². The smallest absolute Gasteiger partial charge is 0.259 e. The second-order valence-electron chi connectivity index (χ2n) is 7.90. The molecule has 0 aliphatic carbocycles. The first-order valence-electron chi connectivity index (χ1n) is 9.12. The maximum atomic E-state index is 12.5. The van der Waals surface area contributed by atoms with Gasteiger partial charge in [0.05, 0.1) is 10.9 Å². The second-order valence-corrected chi connectivity index (χ2v) is 7.90. The fourth-order valence-electron chi connectivity index (χ4n) is 3.48. The Morgan fingerprint density at radius 2 is 1.89 bits per heavy atom. The molecule has 4 rings (SSSR count). The highest BCUT2D eigenvalue weighted by atomic mass is 16.3. The first-order valence-corrected chi connectivity index (χ1v) is 9.12. The largest absolute Gasteiger partial charge is 0.508 e. The van der Waals surface area contributed by atoms with Crippen LogP contribution >= 0.6 is 0 Å². The van der Waals surface area contributed by atoms with Crippen LogP contribution in [0.4, 0.5) is 0 Å². The molecule has 1 fully saturated rings.